The summed E-state index contributed by atoms with van der Waals surface area (Å²) >= 11 is 0. The number of oxazole rings is 1. The van der Waals surface area contributed by atoms with Crippen molar-refractivity contribution in [3.63, 3.8) is 0 Å². The molecule has 4 bridgehead atoms. The maximum Gasteiger partial charge on any atom is 0.226 e. The van der Waals surface area contributed by atoms with Gasteiger partial charge in [-0.3, -0.25) is 4.79 Å². The minimum Gasteiger partial charge on any atom is -0.441 e. The molecule has 0 atom stereocenters. The van der Waals surface area contributed by atoms with E-state index in [0.29, 0.717) is 18.3 Å². The minimum atomic E-state index is -0.0409. The van der Waals surface area contributed by atoms with Crippen LogP contribution in [-0.4, -0.2) is 17.4 Å². The summed E-state index contributed by atoms with van der Waals surface area (Å²) in [5, 5.41) is 3.26. The number of amides is 1. The number of nitrogens with one attached hydrogen (secondary N) is 1. The van der Waals surface area contributed by atoms with Crippen molar-refractivity contribution in [2.45, 2.75) is 51.9 Å². The first-order chi connectivity index (χ1) is 12.1. The van der Waals surface area contributed by atoms with Crippen LogP contribution in [-0.2, 0) is 11.2 Å². The molecule has 1 N–H and O–H groups in total. The lowest BCUT2D eigenvalue weighted by Gasteiger charge is -2.55. The van der Waals surface area contributed by atoms with Crippen molar-refractivity contribution in [2.24, 2.45) is 23.2 Å². The van der Waals surface area contributed by atoms with Gasteiger partial charge >= 0.3 is 0 Å². The Morgan fingerprint density at radius 1 is 1.20 bits per heavy atom. The molecule has 2 aromatic rings. The topological polar surface area (TPSA) is 55.1 Å². The van der Waals surface area contributed by atoms with E-state index >= 15 is 0 Å². The van der Waals surface area contributed by atoms with Crippen LogP contribution in [0.5, 0.6) is 0 Å². The van der Waals surface area contributed by atoms with Gasteiger partial charge in [0.15, 0.2) is 11.5 Å². The number of carbonyl (C=O) groups excluding carboxylic acids is 1. The zero-order valence-corrected chi connectivity index (χ0v) is 14.9. The molecular weight excluding hydrogens is 312 g/mol. The Labute approximate surface area is 148 Å². The highest BCUT2D eigenvalue weighted by molar-refractivity contribution is 5.83. The number of aromatic nitrogens is 1. The Morgan fingerprint density at radius 3 is 2.56 bits per heavy atom. The standard InChI is InChI=1S/C21H26N2O2/c1-13-23-18-3-2-14(9-19(18)25-13)4-5-22-20(24)21-10-15-6-16(11-21)8-17(7-15)12-21/h2-3,9,15-17H,4-8,10-12H2,1H3,(H,22,24). The van der Waals surface area contributed by atoms with Crippen LogP contribution >= 0.6 is 0 Å². The van der Waals surface area contributed by atoms with Gasteiger partial charge in [-0.05, 0) is 80.4 Å². The van der Waals surface area contributed by atoms with Crippen molar-refractivity contribution in [3.8, 4) is 0 Å². The number of rotatable bonds is 4. The molecule has 4 saturated carbocycles. The van der Waals surface area contributed by atoms with Crippen molar-refractivity contribution in [1.29, 1.82) is 0 Å². The second kappa shape index (κ2) is 5.58. The van der Waals surface area contributed by atoms with Crippen molar-refractivity contribution in [3.05, 3.63) is 29.7 Å². The molecule has 132 valence electrons. The monoisotopic (exact) mass is 338 g/mol. The molecule has 4 aliphatic carbocycles. The van der Waals surface area contributed by atoms with Crippen LogP contribution in [0, 0.1) is 30.1 Å². The second-order valence-electron chi connectivity index (χ2n) is 8.74. The van der Waals surface area contributed by atoms with E-state index in [2.05, 4.69) is 16.4 Å². The maximum atomic E-state index is 13.0. The summed E-state index contributed by atoms with van der Waals surface area (Å²) in [5.74, 6) is 3.46. The Kier molecular flexibility index (Phi) is 3.44. The third kappa shape index (κ3) is 2.66. The van der Waals surface area contributed by atoms with E-state index in [4.69, 9.17) is 4.42 Å². The fourth-order valence-corrected chi connectivity index (χ4v) is 6.14. The Balaban J connectivity index is 1.23. The normalized spacial score (nSPS) is 33.1. The summed E-state index contributed by atoms with van der Waals surface area (Å²) in [6.07, 6.45) is 8.37. The third-order valence-corrected chi connectivity index (χ3v) is 6.78. The smallest absolute Gasteiger partial charge is 0.226 e. The molecule has 0 radical (unpaired) electrons. The van der Waals surface area contributed by atoms with Crippen LogP contribution in [0.3, 0.4) is 0 Å². The molecule has 0 aliphatic heterocycles. The molecule has 4 heteroatoms. The maximum absolute atomic E-state index is 13.0. The second-order valence-corrected chi connectivity index (χ2v) is 8.74. The van der Waals surface area contributed by atoms with E-state index in [1.165, 1.54) is 24.8 Å². The number of carbonyl (C=O) groups is 1. The number of hydrogen-bond donors (Lipinski definition) is 1. The van der Waals surface area contributed by atoms with Gasteiger partial charge in [0.05, 0.1) is 0 Å². The minimum absolute atomic E-state index is 0.0409. The molecule has 0 spiro atoms. The predicted octanol–water partition coefficient (Wildman–Crippen LogP) is 4.01. The molecule has 4 fully saturated rings. The van der Waals surface area contributed by atoms with Gasteiger partial charge in [0.25, 0.3) is 0 Å². The number of aryl methyl sites for hydroxylation is 1. The van der Waals surface area contributed by atoms with E-state index in [1.54, 1.807) is 0 Å². The van der Waals surface area contributed by atoms with Gasteiger partial charge in [0.2, 0.25) is 5.91 Å². The lowest BCUT2D eigenvalue weighted by atomic mass is 9.49. The van der Waals surface area contributed by atoms with Crippen molar-refractivity contribution >= 4 is 17.0 Å². The van der Waals surface area contributed by atoms with Crippen molar-refractivity contribution in [1.82, 2.24) is 10.3 Å². The van der Waals surface area contributed by atoms with E-state index in [-0.39, 0.29) is 5.41 Å². The van der Waals surface area contributed by atoms with E-state index in [0.717, 1.165) is 54.5 Å². The number of hydrogen-bond acceptors (Lipinski definition) is 3. The van der Waals surface area contributed by atoms with Crippen molar-refractivity contribution < 1.29 is 9.21 Å². The number of fused-ring (bicyclic) bond motifs is 1. The number of benzene rings is 1. The van der Waals surface area contributed by atoms with Gasteiger partial charge in [-0.25, -0.2) is 4.98 Å². The van der Waals surface area contributed by atoms with Crippen LogP contribution in [0.15, 0.2) is 22.6 Å². The summed E-state index contributed by atoms with van der Waals surface area (Å²) in [6.45, 7) is 2.57. The molecule has 4 nitrogen and oxygen atoms in total. The summed E-state index contributed by atoms with van der Waals surface area (Å²) in [7, 11) is 0. The zero-order valence-electron chi connectivity index (χ0n) is 14.9. The van der Waals surface area contributed by atoms with Crippen molar-refractivity contribution in [2.75, 3.05) is 6.54 Å². The third-order valence-electron chi connectivity index (χ3n) is 6.78. The summed E-state index contributed by atoms with van der Waals surface area (Å²) in [4.78, 5) is 17.3. The Hall–Kier alpha value is -1.84. The molecule has 6 rings (SSSR count). The van der Waals surface area contributed by atoms with Gasteiger partial charge in [0.1, 0.15) is 5.52 Å². The highest BCUT2D eigenvalue weighted by atomic mass is 16.3. The summed E-state index contributed by atoms with van der Waals surface area (Å²) in [5.41, 5.74) is 2.89. The lowest BCUT2D eigenvalue weighted by Crippen LogP contribution is -2.53. The van der Waals surface area contributed by atoms with E-state index in [1.807, 2.05) is 19.1 Å². The first-order valence-corrected chi connectivity index (χ1v) is 9.74. The molecule has 4 aliphatic rings. The molecule has 0 saturated heterocycles. The van der Waals surface area contributed by atoms with E-state index < -0.39 is 0 Å². The molecule has 1 heterocycles. The molecule has 1 aromatic heterocycles. The van der Waals surface area contributed by atoms with E-state index in [9.17, 15) is 4.79 Å². The van der Waals surface area contributed by atoms with Crippen LogP contribution in [0.4, 0.5) is 0 Å². The highest BCUT2D eigenvalue weighted by Gasteiger charge is 2.54. The zero-order chi connectivity index (χ0) is 17.0. The summed E-state index contributed by atoms with van der Waals surface area (Å²) in [6, 6.07) is 6.13. The molecular formula is C21H26N2O2. The molecule has 1 amide bonds. The van der Waals surface area contributed by atoms with Gasteiger partial charge in [-0.2, -0.15) is 0 Å². The van der Waals surface area contributed by atoms with Gasteiger partial charge < -0.3 is 9.73 Å². The van der Waals surface area contributed by atoms with Gasteiger partial charge in [-0.15, -0.1) is 0 Å². The average molecular weight is 338 g/mol. The SMILES string of the molecule is Cc1nc2ccc(CCNC(=O)C34CC5CC(CC(C5)C3)C4)cc2o1. The quantitative estimate of drug-likeness (QED) is 0.916. The Bertz CT molecular complexity index is 787. The van der Waals surface area contributed by atoms with Gasteiger partial charge in [-0.1, -0.05) is 6.07 Å². The van der Waals surface area contributed by atoms with Crippen LogP contribution in [0.25, 0.3) is 11.1 Å². The van der Waals surface area contributed by atoms with Gasteiger partial charge in [0, 0.05) is 18.9 Å². The molecule has 1 aromatic carbocycles. The van der Waals surface area contributed by atoms with Crippen LogP contribution in [0.2, 0.25) is 0 Å². The lowest BCUT2D eigenvalue weighted by molar-refractivity contribution is -0.146. The Morgan fingerprint density at radius 2 is 1.88 bits per heavy atom. The molecule has 0 unspecified atom stereocenters. The fraction of sp³-hybridized carbons (Fsp3) is 0.619. The number of nitrogens with zero attached hydrogens (tertiary/aromatic N) is 1. The van der Waals surface area contributed by atoms with Crippen LogP contribution < -0.4 is 5.32 Å². The highest BCUT2D eigenvalue weighted by Crippen LogP contribution is 2.60. The largest absolute Gasteiger partial charge is 0.441 e. The first kappa shape index (κ1) is 15.4. The fourth-order valence-electron chi connectivity index (χ4n) is 6.14. The first-order valence-electron chi connectivity index (χ1n) is 9.74. The molecule has 25 heavy (non-hydrogen) atoms. The predicted molar refractivity (Wildman–Crippen MR) is 96.1 cm³/mol. The average Bonchev–Trinajstić information content (AvgIpc) is 2.93. The van der Waals surface area contributed by atoms with Crippen LogP contribution in [0.1, 0.15) is 50.0 Å². The summed E-state index contributed by atoms with van der Waals surface area (Å²) < 4.78 is 5.60.